The molecule has 5 rings (SSSR count). The Hall–Kier alpha value is -4.76. The van der Waals surface area contributed by atoms with Gasteiger partial charge in [-0.15, -0.1) is 0 Å². The number of para-hydroxylation sites is 2. The maximum Gasteiger partial charge on any atom is 0.270 e. The van der Waals surface area contributed by atoms with Crippen molar-refractivity contribution in [3.05, 3.63) is 96.2 Å². The summed E-state index contributed by atoms with van der Waals surface area (Å²) in [6.07, 6.45) is 3.29. The quantitative estimate of drug-likeness (QED) is 0.231. The topological polar surface area (TPSA) is 92.7 Å². The van der Waals surface area contributed by atoms with Crippen molar-refractivity contribution in [1.82, 2.24) is 9.88 Å². The van der Waals surface area contributed by atoms with Gasteiger partial charge in [-0.3, -0.25) is 24.6 Å². The van der Waals surface area contributed by atoms with Crippen LogP contribution in [0.3, 0.4) is 0 Å². The molecule has 0 spiro atoms. The summed E-state index contributed by atoms with van der Waals surface area (Å²) >= 11 is 5.29. The van der Waals surface area contributed by atoms with Crippen LogP contribution in [0.1, 0.15) is 5.56 Å². The van der Waals surface area contributed by atoms with Crippen molar-refractivity contribution < 1.29 is 19.1 Å². The Labute approximate surface area is 218 Å². The summed E-state index contributed by atoms with van der Waals surface area (Å²) in [6.45, 7) is 0.0563. The molecule has 0 unspecified atom stereocenters. The highest BCUT2D eigenvalue weighted by Gasteiger charge is 2.34. The second-order valence-electron chi connectivity index (χ2n) is 8.30. The lowest BCUT2D eigenvalue weighted by Gasteiger charge is -2.29. The monoisotopic (exact) mass is 510 g/mol. The fraction of sp³-hybridized carbons (Fsp3) is 0.0714. The number of amides is 3. The van der Waals surface area contributed by atoms with E-state index in [1.807, 2.05) is 54.6 Å². The largest absolute Gasteiger partial charge is 0.497 e. The van der Waals surface area contributed by atoms with Gasteiger partial charge in [0.15, 0.2) is 5.11 Å². The maximum absolute atomic E-state index is 13.4. The number of anilines is 2. The van der Waals surface area contributed by atoms with Crippen molar-refractivity contribution in [2.24, 2.45) is 0 Å². The first-order valence-corrected chi connectivity index (χ1v) is 11.8. The van der Waals surface area contributed by atoms with Crippen molar-refractivity contribution in [3.63, 3.8) is 0 Å². The minimum atomic E-state index is -0.585. The second-order valence-corrected chi connectivity index (χ2v) is 8.69. The van der Waals surface area contributed by atoms with Gasteiger partial charge in [0.25, 0.3) is 11.8 Å². The molecule has 4 aromatic rings. The lowest BCUT2D eigenvalue weighted by Crippen LogP contribution is -2.54. The van der Waals surface area contributed by atoms with Crippen LogP contribution in [0.4, 0.5) is 11.4 Å². The molecule has 2 heterocycles. The van der Waals surface area contributed by atoms with E-state index in [9.17, 15) is 14.4 Å². The van der Waals surface area contributed by atoms with Gasteiger partial charge in [-0.05, 0) is 60.8 Å². The number of fused-ring (bicyclic) bond motifs is 1. The molecule has 0 saturated carbocycles. The molecular formula is C28H22N4O4S. The Kier molecular flexibility index (Phi) is 6.53. The Balaban J connectivity index is 1.48. The molecule has 2 N–H and O–H groups in total. The third kappa shape index (κ3) is 4.85. The summed E-state index contributed by atoms with van der Waals surface area (Å²) < 4.78 is 6.97. The summed E-state index contributed by atoms with van der Waals surface area (Å²) in [7, 11) is 1.55. The van der Waals surface area contributed by atoms with E-state index in [4.69, 9.17) is 17.0 Å². The van der Waals surface area contributed by atoms with Crippen LogP contribution in [-0.4, -0.2) is 34.5 Å². The minimum Gasteiger partial charge on any atom is -0.497 e. The van der Waals surface area contributed by atoms with Gasteiger partial charge in [-0.2, -0.15) is 0 Å². The number of carbonyl (C=O) groups is 3. The van der Waals surface area contributed by atoms with Crippen LogP contribution < -0.4 is 20.3 Å². The molecule has 0 radical (unpaired) electrons. The molecule has 0 atom stereocenters. The summed E-state index contributed by atoms with van der Waals surface area (Å²) in [4.78, 5) is 40.2. The molecule has 1 aliphatic heterocycles. The van der Waals surface area contributed by atoms with Gasteiger partial charge < -0.3 is 14.6 Å². The molecule has 9 heteroatoms. The van der Waals surface area contributed by atoms with Crippen LogP contribution >= 0.6 is 12.2 Å². The van der Waals surface area contributed by atoms with Gasteiger partial charge in [-0.1, -0.05) is 36.4 Å². The van der Waals surface area contributed by atoms with Crippen molar-refractivity contribution >= 4 is 63.4 Å². The van der Waals surface area contributed by atoms with Gasteiger partial charge in [-0.25, -0.2) is 0 Å². The first-order valence-electron chi connectivity index (χ1n) is 11.4. The molecule has 3 amide bonds. The van der Waals surface area contributed by atoms with Crippen LogP contribution in [0, 0.1) is 0 Å². The zero-order chi connectivity index (χ0) is 25.9. The molecule has 1 aliphatic rings. The molecule has 1 fully saturated rings. The number of nitrogens with zero attached hydrogens (tertiary/aromatic N) is 2. The number of thiocarbonyl (C=S) groups is 1. The molecule has 3 aromatic carbocycles. The van der Waals surface area contributed by atoms with Gasteiger partial charge in [0.05, 0.1) is 12.8 Å². The van der Waals surface area contributed by atoms with Crippen molar-refractivity contribution in [2.45, 2.75) is 6.54 Å². The average molecular weight is 511 g/mol. The molecule has 1 aromatic heterocycles. The second kappa shape index (κ2) is 10.1. The highest BCUT2D eigenvalue weighted by molar-refractivity contribution is 7.80. The first-order chi connectivity index (χ1) is 17.9. The van der Waals surface area contributed by atoms with Gasteiger partial charge >= 0.3 is 0 Å². The van der Waals surface area contributed by atoms with E-state index in [0.717, 1.165) is 10.9 Å². The smallest absolute Gasteiger partial charge is 0.270 e. The van der Waals surface area contributed by atoms with Crippen LogP contribution in [0.15, 0.2) is 90.6 Å². The lowest BCUT2D eigenvalue weighted by atomic mass is 10.1. The number of carbonyl (C=O) groups excluding carboxylic acids is 3. The van der Waals surface area contributed by atoms with Crippen LogP contribution in [0.2, 0.25) is 0 Å². The Morgan fingerprint density at radius 3 is 2.43 bits per heavy atom. The molecule has 0 aliphatic carbocycles. The van der Waals surface area contributed by atoms with E-state index in [-0.39, 0.29) is 23.1 Å². The first kappa shape index (κ1) is 24.0. The molecule has 184 valence electrons. The van der Waals surface area contributed by atoms with Gasteiger partial charge in [0.2, 0.25) is 5.91 Å². The van der Waals surface area contributed by atoms with E-state index in [1.54, 1.807) is 42.1 Å². The number of benzene rings is 3. The molecule has 1 saturated heterocycles. The fourth-order valence-corrected chi connectivity index (χ4v) is 4.46. The molecular weight excluding hydrogens is 488 g/mol. The summed E-state index contributed by atoms with van der Waals surface area (Å²) in [5, 5.41) is 6.27. The minimum absolute atomic E-state index is 0.00247. The third-order valence-corrected chi connectivity index (χ3v) is 6.21. The van der Waals surface area contributed by atoms with Crippen molar-refractivity contribution in [2.75, 3.05) is 17.3 Å². The number of rotatable bonds is 6. The zero-order valence-corrected chi connectivity index (χ0v) is 20.6. The van der Waals surface area contributed by atoms with Crippen LogP contribution in [0.5, 0.6) is 5.75 Å². The standard InChI is InChI=1S/C28H22N4O4S/c1-36-21-13-11-20(12-14-21)32-27(35)23(26(34)30-28(32)37)15-18-16-31(24-10-6-5-9-22(18)24)17-25(33)29-19-7-3-2-4-8-19/h2-16H,17H2,1H3,(H,29,33)(H,30,34,37). The third-order valence-electron chi connectivity index (χ3n) is 5.92. The van der Waals surface area contributed by atoms with E-state index in [2.05, 4.69) is 10.6 Å². The van der Waals surface area contributed by atoms with E-state index < -0.39 is 11.8 Å². The SMILES string of the molecule is COc1ccc(N2C(=O)C(=Cc3cn(CC(=O)Nc4ccccc4)c4ccccc34)C(=O)NC2=S)cc1. The van der Waals surface area contributed by atoms with Crippen molar-refractivity contribution in [3.8, 4) is 5.75 Å². The summed E-state index contributed by atoms with van der Waals surface area (Å²) in [6, 6.07) is 23.5. The zero-order valence-electron chi connectivity index (χ0n) is 19.8. The van der Waals surface area contributed by atoms with Crippen LogP contribution in [-0.2, 0) is 20.9 Å². The highest BCUT2D eigenvalue weighted by Crippen LogP contribution is 2.27. The number of methoxy groups -OCH3 is 1. The van der Waals surface area contributed by atoms with Gasteiger partial charge in [0.1, 0.15) is 17.9 Å². The molecule has 0 bridgehead atoms. The number of aromatic nitrogens is 1. The van der Waals surface area contributed by atoms with Crippen molar-refractivity contribution in [1.29, 1.82) is 0 Å². The number of ether oxygens (including phenoxy) is 1. The van der Waals surface area contributed by atoms with E-state index >= 15 is 0 Å². The Bertz CT molecular complexity index is 1560. The average Bonchev–Trinajstić information content (AvgIpc) is 3.24. The van der Waals surface area contributed by atoms with Crippen LogP contribution in [0.25, 0.3) is 17.0 Å². The van der Waals surface area contributed by atoms with E-state index in [0.29, 0.717) is 22.7 Å². The highest BCUT2D eigenvalue weighted by atomic mass is 32.1. The summed E-state index contributed by atoms with van der Waals surface area (Å²) in [5.74, 6) is -0.701. The Morgan fingerprint density at radius 1 is 1.00 bits per heavy atom. The maximum atomic E-state index is 13.4. The number of hydrogen-bond acceptors (Lipinski definition) is 5. The summed E-state index contributed by atoms with van der Waals surface area (Å²) in [5.41, 5.74) is 2.56. The van der Waals surface area contributed by atoms with Gasteiger partial charge in [0, 0.05) is 28.4 Å². The molecule has 37 heavy (non-hydrogen) atoms. The predicted molar refractivity (Wildman–Crippen MR) is 146 cm³/mol. The molecule has 8 nitrogen and oxygen atoms in total. The fourth-order valence-electron chi connectivity index (χ4n) is 4.18. The predicted octanol–water partition coefficient (Wildman–Crippen LogP) is 4.12. The lowest BCUT2D eigenvalue weighted by molar-refractivity contribution is -0.122. The number of hydrogen-bond donors (Lipinski definition) is 2. The normalized spacial score (nSPS) is 14.7. The Morgan fingerprint density at radius 2 is 1.70 bits per heavy atom. The number of nitrogens with one attached hydrogen (secondary N) is 2. The van der Waals surface area contributed by atoms with E-state index in [1.165, 1.54) is 11.0 Å².